The zero-order valence-corrected chi connectivity index (χ0v) is 28.7. The van der Waals surface area contributed by atoms with Crippen LogP contribution in [0.1, 0.15) is 0 Å². The third-order valence-electron chi connectivity index (χ3n) is 10.9. The summed E-state index contributed by atoms with van der Waals surface area (Å²) in [6, 6.07) is 61.8. The Balaban J connectivity index is 1.02. The van der Waals surface area contributed by atoms with E-state index in [1.807, 2.05) is 11.3 Å². The molecule has 3 nitrogen and oxygen atoms in total. The van der Waals surface area contributed by atoms with E-state index in [4.69, 9.17) is 4.42 Å². The van der Waals surface area contributed by atoms with Crippen molar-refractivity contribution in [2.45, 2.75) is 0 Å². The summed E-state index contributed by atoms with van der Waals surface area (Å²) in [5.41, 5.74) is 11.3. The molecule has 0 atom stereocenters. The van der Waals surface area contributed by atoms with E-state index in [9.17, 15) is 0 Å². The summed E-state index contributed by atoms with van der Waals surface area (Å²) >= 11 is 1.86. The first-order valence-corrected chi connectivity index (χ1v) is 18.5. The highest BCUT2D eigenvalue weighted by Gasteiger charge is 2.17. The molecule has 0 spiro atoms. The van der Waals surface area contributed by atoms with Gasteiger partial charge in [0.15, 0.2) is 0 Å². The standard InChI is InChI=1S/C48H28N2OS/c1-5-13-41-33(9-1)34-10-2-6-14-42(34)49(41)31-19-22-46-38(27-31)37-25-29(17-21-45(37)51-46)30-18-23-47-39(26-30)40-28-32(20-24-48(40)52-47)50-43-15-7-3-11-35(43)36-12-4-8-16-44(36)50/h1-28H. The maximum atomic E-state index is 6.41. The van der Waals surface area contributed by atoms with Gasteiger partial charge in [-0.3, -0.25) is 0 Å². The number of furan rings is 1. The molecule has 0 radical (unpaired) electrons. The summed E-state index contributed by atoms with van der Waals surface area (Å²) in [6.07, 6.45) is 0. The first-order valence-electron chi connectivity index (χ1n) is 17.7. The van der Waals surface area contributed by atoms with E-state index in [1.54, 1.807) is 0 Å². The van der Waals surface area contributed by atoms with Crippen LogP contribution in [0.4, 0.5) is 0 Å². The van der Waals surface area contributed by atoms with Gasteiger partial charge in [0.25, 0.3) is 0 Å². The lowest BCUT2D eigenvalue weighted by Crippen LogP contribution is -1.93. The molecule has 0 amide bonds. The highest BCUT2D eigenvalue weighted by molar-refractivity contribution is 7.25. The Hall–Kier alpha value is -6.62. The van der Waals surface area contributed by atoms with Crippen LogP contribution >= 0.6 is 11.3 Å². The van der Waals surface area contributed by atoms with Gasteiger partial charge in [0, 0.05) is 63.9 Å². The third-order valence-corrected chi connectivity index (χ3v) is 12.1. The Kier molecular flexibility index (Phi) is 5.65. The molecule has 4 heteroatoms. The lowest BCUT2D eigenvalue weighted by atomic mass is 10.0. The van der Waals surface area contributed by atoms with Crippen molar-refractivity contribution in [2.24, 2.45) is 0 Å². The van der Waals surface area contributed by atoms with Gasteiger partial charge >= 0.3 is 0 Å². The van der Waals surface area contributed by atoms with Gasteiger partial charge in [0.1, 0.15) is 11.2 Å². The lowest BCUT2D eigenvalue weighted by molar-refractivity contribution is 0.669. The summed E-state index contributed by atoms with van der Waals surface area (Å²) in [5, 5.41) is 9.89. The van der Waals surface area contributed by atoms with E-state index in [2.05, 4.69) is 179 Å². The molecule has 4 aromatic heterocycles. The van der Waals surface area contributed by atoms with Gasteiger partial charge in [-0.25, -0.2) is 0 Å². The first kappa shape index (κ1) is 28.1. The lowest BCUT2D eigenvalue weighted by Gasteiger charge is -2.08. The fraction of sp³-hybridized carbons (Fsp3) is 0. The minimum atomic E-state index is 0.897. The van der Waals surface area contributed by atoms with Crippen molar-refractivity contribution >= 4 is 97.1 Å². The van der Waals surface area contributed by atoms with Crippen molar-refractivity contribution in [3.05, 3.63) is 170 Å². The first-order chi connectivity index (χ1) is 25.8. The molecule has 12 rings (SSSR count). The molecule has 52 heavy (non-hydrogen) atoms. The quantitative estimate of drug-likeness (QED) is 0.182. The van der Waals surface area contributed by atoms with E-state index in [0.717, 1.165) is 27.6 Å². The van der Waals surface area contributed by atoms with Crippen LogP contribution in [0.3, 0.4) is 0 Å². The minimum Gasteiger partial charge on any atom is -0.456 e. The van der Waals surface area contributed by atoms with Crippen molar-refractivity contribution in [3.63, 3.8) is 0 Å². The van der Waals surface area contributed by atoms with E-state index >= 15 is 0 Å². The highest BCUT2D eigenvalue weighted by Crippen LogP contribution is 2.41. The number of nitrogens with zero attached hydrogens (tertiary/aromatic N) is 2. The predicted octanol–water partition coefficient (Wildman–Crippen LogP) is 13.8. The molecule has 0 bridgehead atoms. The zero-order valence-electron chi connectivity index (χ0n) is 27.9. The Labute approximate surface area is 301 Å². The number of aromatic nitrogens is 2. The molecule has 0 fully saturated rings. The maximum Gasteiger partial charge on any atom is 0.135 e. The molecule has 0 aliphatic carbocycles. The number of hydrogen-bond donors (Lipinski definition) is 0. The van der Waals surface area contributed by atoms with Crippen LogP contribution in [0.5, 0.6) is 0 Å². The van der Waals surface area contributed by atoms with Crippen molar-refractivity contribution in [2.75, 3.05) is 0 Å². The smallest absolute Gasteiger partial charge is 0.135 e. The van der Waals surface area contributed by atoms with Gasteiger partial charge in [0.05, 0.1) is 22.1 Å². The molecular weight excluding hydrogens is 653 g/mol. The summed E-state index contributed by atoms with van der Waals surface area (Å²) in [6.45, 7) is 0. The molecule has 242 valence electrons. The van der Waals surface area contributed by atoms with Gasteiger partial charge in [-0.05, 0) is 96.1 Å². The average Bonchev–Trinajstić information content (AvgIpc) is 3.94. The van der Waals surface area contributed by atoms with E-state index in [-0.39, 0.29) is 0 Å². The minimum absolute atomic E-state index is 0.897. The SMILES string of the molecule is c1ccc2c(c1)c1ccccc1n2-c1ccc2oc3ccc(-c4ccc5sc6ccc(-n7c8ccccc8c8ccccc87)cc6c5c4)cc3c2c1. The highest BCUT2D eigenvalue weighted by atomic mass is 32.1. The summed E-state index contributed by atoms with van der Waals surface area (Å²) < 4.78 is 13.8. The fourth-order valence-corrected chi connectivity index (χ4v) is 9.64. The molecule has 0 aliphatic rings. The second kappa shape index (κ2) is 10.5. The number of thiophene rings is 1. The van der Waals surface area contributed by atoms with Crippen molar-refractivity contribution < 1.29 is 4.42 Å². The van der Waals surface area contributed by atoms with Crippen molar-refractivity contribution in [3.8, 4) is 22.5 Å². The van der Waals surface area contributed by atoms with Gasteiger partial charge in [-0.2, -0.15) is 0 Å². The number of benzene rings is 8. The Morgan fingerprint density at radius 1 is 0.327 bits per heavy atom. The summed E-state index contributed by atoms with van der Waals surface area (Å²) in [5.74, 6) is 0. The van der Waals surface area contributed by atoms with E-state index in [1.165, 1.54) is 80.6 Å². The monoisotopic (exact) mass is 680 g/mol. The fourth-order valence-electron chi connectivity index (χ4n) is 8.57. The van der Waals surface area contributed by atoms with Crippen LogP contribution in [0.25, 0.3) is 108 Å². The molecule has 0 saturated carbocycles. The number of rotatable bonds is 3. The zero-order chi connectivity index (χ0) is 33.9. The molecule has 0 unspecified atom stereocenters. The number of para-hydroxylation sites is 4. The van der Waals surface area contributed by atoms with E-state index < -0.39 is 0 Å². The normalized spacial score (nSPS) is 12.2. The Morgan fingerprint density at radius 3 is 1.27 bits per heavy atom. The largest absolute Gasteiger partial charge is 0.456 e. The van der Waals surface area contributed by atoms with E-state index in [0.29, 0.717) is 0 Å². The van der Waals surface area contributed by atoms with Crippen LogP contribution in [0, 0.1) is 0 Å². The second-order valence-electron chi connectivity index (χ2n) is 13.7. The average molecular weight is 681 g/mol. The topological polar surface area (TPSA) is 23.0 Å². The summed E-state index contributed by atoms with van der Waals surface area (Å²) in [7, 11) is 0. The molecule has 0 aliphatic heterocycles. The molecule has 8 aromatic carbocycles. The van der Waals surface area contributed by atoms with Crippen LogP contribution in [-0.4, -0.2) is 9.13 Å². The van der Waals surface area contributed by atoms with Crippen LogP contribution < -0.4 is 0 Å². The molecule has 4 heterocycles. The van der Waals surface area contributed by atoms with Crippen molar-refractivity contribution in [1.82, 2.24) is 9.13 Å². The molecule has 0 N–H and O–H groups in total. The van der Waals surface area contributed by atoms with Crippen LogP contribution in [0.15, 0.2) is 174 Å². The molecular formula is C48H28N2OS. The third kappa shape index (κ3) is 3.90. The summed E-state index contributed by atoms with van der Waals surface area (Å²) in [4.78, 5) is 0. The predicted molar refractivity (Wildman–Crippen MR) is 221 cm³/mol. The molecule has 12 aromatic rings. The van der Waals surface area contributed by atoms with Gasteiger partial charge in [-0.1, -0.05) is 84.9 Å². The second-order valence-corrected chi connectivity index (χ2v) is 14.8. The number of fused-ring (bicyclic) bond motifs is 12. The van der Waals surface area contributed by atoms with Crippen LogP contribution in [0.2, 0.25) is 0 Å². The molecule has 0 saturated heterocycles. The Bertz CT molecular complexity index is 3090. The maximum absolute atomic E-state index is 6.41. The van der Waals surface area contributed by atoms with Gasteiger partial charge in [-0.15, -0.1) is 11.3 Å². The van der Waals surface area contributed by atoms with Crippen molar-refractivity contribution in [1.29, 1.82) is 0 Å². The van der Waals surface area contributed by atoms with Crippen LogP contribution in [-0.2, 0) is 0 Å². The number of hydrogen-bond acceptors (Lipinski definition) is 2. The van der Waals surface area contributed by atoms with Gasteiger partial charge in [0.2, 0.25) is 0 Å². The Morgan fingerprint density at radius 2 is 0.712 bits per heavy atom. The van der Waals surface area contributed by atoms with Gasteiger partial charge < -0.3 is 13.6 Å².